The number of hydrogen-bond acceptors (Lipinski definition) is 5. The first-order chi connectivity index (χ1) is 14.5. The van der Waals surface area contributed by atoms with Crippen LogP contribution in [0.25, 0.3) is 6.08 Å². The van der Waals surface area contributed by atoms with E-state index in [-0.39, 0.29) is 12.5 Å². The van der Waals surface area contributed by atoms with Gasteiger partial charge in [0, 0.05) is 35.4 Å². The number of carbonyl (C=O) groups is 3. The highest BCUT2D eigenvalue weighted by Gasteiger charge is 2.37. The molecule has 2 fully saturated rings. The minimum atomic E-state index is -0.403. The van der Waals surface area contributed by atoms with Crippen LogP contribution in [0.5, 0.6) is 0 Å². The molecule has 154 valence electrons. The summed E-state index contributed by atoms with van der Waals surface area (Å²) < 4.78 is 1.09. The number of piperazine rings is 1. The lowest BCUT2D eigenvalue weighted by molar-refractivity contribution is -0.136. The summed E-state index contributed by atoms with van der Waals surface area (Å²) in [4.78, 5) is 43.1. The summed E-state index contributed by atoms with van der Waals surface area (Å²) in [5.41, 5.74) is 1.99. The molecule has 0 aromatic heterocycles. The lowest BCUT2D eigenvalue weighted by Gasteiger charge is -2.36. The summed E-state index contributed by atoms with van der Waals surface area (Å²) in [7, 11) is 0. The van der Waals surface area contributed by atoms with Crippen LogP contribution in [-0.2, 0) is 9.59 Å². The molecule has 0 radical (unpaired) electrons. The van der Waals surface area contributed by atoms with Crippen molar-refractivity contribution in [1.29, 1.82) is 0 Å². The van der Waals surface area contributed by atoms with Crippen molar-refractivity contribution in [3.63, 3.8) is 0 Å². The Morgan fingerprint density at radius 1 is 0.967 bits per heavy atom. The predicted molar refractivity (Wildman–Crippen MR) is 127 cm³/mol. The Morgan fingerprint density at radius 3 is 2.30 bits per heavy atom. The zero-order valence-corrected chi connectivity index (χ0v) is 19.1. The zero-order chi connectivity index (χ0) is 21.1. The zero-order valence-electron chi connectivity index (χ0n) is 16.2. The molecule has 0 unspecified atom stereocenters. The van der Waals surface area contributed by atoms with Gasteiger partial charge in [-0.25, -0.2) is 0 Å². The first-order valence-corrected chi connectivity index (χ1v) is 11.5. The quantitative estimate of drug-likeness (QED) is 0.444. The highest BCUT2D eigenvalue weighted by atomic mass is 127. The number of carbonyl (C=O) groups excluding carboxylic acids is 3. The number of para-hydroxylation sites is 1. The van der Waals surface area contributed by atoms with Gasteiger partial charge in [0.05, 0.1) is 4.91 Å². The van der Waals surface area contributed by atoms with Crippen molar-refractivity contribution >= 4 is 63.2 Å². The largest absolute Gasteiger partial charge is 0.368 e. The van der Waals surface area contributed by atoms with Gasteiger partial charge in [-0.3, -0.25) is 19.3 Å². The topological polar surface area (TPSA) is 60.9 Å². The Bertz CT molecular complexity index is 986. The minimum absolute atomic E-state index is 0.194. The first-order valence-electron chi connectivity index (χ1n) is 9.60. The van der Waals surface area contributed by atoms with E-state index >= 15 is 0 Å². The molecule has 4 rings (SSSR count). The molecular weight excluding hydrogens is 513 g/mol. The normalized spacial score (nSPS) is 18.4. The van der Waals surface area contributed by atoms with Crippen LogP contribution in [0.4, 0.5) is 10.5 Å². The standard InChI is InChI=1S/C22H20IN3O3S/c23-17-8-6-16(7-9-17)14-19-21(28)26(22(29)30-19)15-20(27)25-12-10-24(11-13-25)18-4-2-1-3-5-18/h1-9,14H,10-13,15H2/b19-14-. The number of rotatable bonds is 4. The van der Waals surface area contributed by atoms with Gasteiger partial charge in [-0.2, -0.15) is 0 Å². The molecule has 30 heavy (non-hydrogen) atoms. The summed E-state index contributed by atoms with van der Waals surface area (Å²) in [6, 6.07) is 17.7. The van der Waals surface area contributed by atoms with E-state index in [2.05, 4.69) is 39.6 Å². The van der Waals surface area contributed by atoms with Crippen molar-refractivity contribution in [2.24, 2.45) is 0 Å². The number of benzene rings is 2. The molecule has 0 bridgehead atoms. The Morgan fingerprint density at radius 2 is 1.63 bits per heavy atom. The van der Waals surface area contributed by atoms with Crippen LogP contribution in [0.1, 0.15) is 5.56 Å². The molecule has 0 N–H and O–H groups in total. The van der Waals surface area contributed by atoms with E-state index in [4.69, 9.17) is 0 Å². The van der Waals surface area contributed by atoms with Gasteiger partial charge in [0.25, 0.3) is 11.1 Å². The van der Waals surface area contributed by atoms with Crippen LogP contribution < -0.4 is 4.90 Å². The number of halogens is 1. The smallest absolute Gasteiger partial charge is 0.294 e. The van der Waals surface area contributed by atoms with E-state index < -0.39 is 11.1 Å². The lowest BCUT2D eigenvalue weighted by Crippen LogP contribution is -2.51. The molecule has 0 saturated carbocycles. The fraction of sp³-hybridized carbons (Fsp3) is 0.227. The van der Waals surface area contributed by atoms with Gasteiger partial charge in [0.15, 0.2) is 0 Å². The van der Waals surface area contributed by atoms with Gasteiger partial charge in [-0.1, -0.05) is 30.3 Å². The molecule has 2 saturated heterocycles. The fourth-order valence-corrected chi connectivity index (χ4v) is 4.63. The van der Waals surface area contributed by atoms with E-state index in [9.17, 15) is 14.4 Å². The molecule has 2 heterocycles. The number of hydrogen-bond donors (Lipinski definition) is 0. The molecular formula is C22H20IN3O3S. The van der Waals surface area contributed by atoms with Gasteiger partial charge in [0.1, 0.15) is 6.54 Å². The number of anilines is 1. The SMILES string of the molecule is O=C(CN1C(=O)S/C(=C\c2ccc(I)cc2)C1=O)N1CCN(c2ccccc2)CC1. The second kappa shape index (κ2) is 9.22. The van der Waals surface area contributed by atoms with Crippen molar-refractivity contribution in [2.45, 2.75) is 0 Å². The predicted octanol–water partition coefficient (Wildman–Crippen LogP) is 3.68. The van der Waals surface area contributed by atoms with E-state index in [0.29, 0.717) is 18.0 Å². The highest BCUT2D eigenvalue weighted by molar-refractivity contribution is 14.1. The molecule has 0 spiro atoms. The third kappa shape index (κ3) is 4.70. The number of amides is 3. The van der Waals surface area contributed by atoms with Crippen LogP contribution in [-0.4, -0.2) is 59.6 Å². The summed E-state index contributed by atoms with van der Waals surface area (Å²) in [5, 5.41) is -0.395. The Hall–Kier alpha value is -2.33. The maximum atomic E-state index is 12.7. The molecule has 0 atom stereocenters. The molecule has 6 nitrogen and oxygen atoms in total. The summed E-state index contributed by atoms with van der Waals surface area (Å²) in [5.74, 6) is -0.597. The molecule has 2 aromatic carbocycles. The van der Waals surface area contributed by atoms with Gasteiger partial charge >= 0.3 is 0 Å². The summed E-state index contributed by atoms with van der Waals surface area (Å²) >= 11 is 3.09. The molecule has 2 aromatic rings. The van der Waals surface area contributed by atoms with Crippen molar-refractivity contribution < 1.29 is 14.4 Å². The maximum absolute atomic E-state index is 12.7. The van der Waals surface area contributed by atoms with Crippen LogP contribution in [0.3, 0.4) is 0 Å². The minimum Gasteiger partial charge on any atom is -0.368 e. The molecule has 0 aliphatic carbocycles. The van der Waals surface area contributed by atoms with Crippen LogP contribution in [0.15, 0.2) is 59.5 Å². The number of nitrogens with zero attached hydrogens (tertiary/aromatic N) is 3. The third-order valence-corrected chi connectivity index (χ3v) is 6.72. The second-order valence-electron chi connectivity index (χ2n) is 7.02. The van der Waals surface area contributed by atoms with Crippen molar-refractivity contribution in [3.8, 4) is 0 Å². The fourth-order valence-electron chi connectivity index (χ4n) is 3.43. The summed E-state index contributed by atoms with van der Waals surface area (Å²) in [6.45, 7) is 2.39. The number of imide groups is 1. The Kier molecular flexibility index (Phi) is 6.43. The van der Waals surface area contributed by atoms with E-state index in [1.165, 1.54) is 0 Å². The van der Waals surface area contributed by atoms with E-state index in [1.807, 2.05) is 42.5 Å². The average Bonchev–Trinajstić information content (AvgIpc) is 3.03. The van der Waals surface area contributed by atoms with Crippen molar-refractivity contribution in [2.75, 3.05) is 37.6 Å². The monoisotopic (exact) mass is 533 g/mol. The Balaban J connectivity index is 1.36. The second-order valence-corrected chi connectivity index (χ2v) is 9.26. The van der Waals surface area contributed by atoms with Crippen molar-refractivity contribution in [1.82, 2.24) is 9.80 Å². The van der Waals surface area contributed by atoms with E-state index in [0.717, 1.165) is 44.6 Å². The van der Waals surface area contributed by atoms with Gasteiger partial charge < -0.3 is 9.80 Å². The number of thioether (sulfide) groups is 1. The third-order valence-electron chi connectivity index (χ3n) is 5.09. The van der Waals surface area contributed by atoms with Gasteiger partial charge in [-0.15, -0.1) is 0 Å². The average molecular weight is 533 g/mol. The highest BCUT2D eigenvalue weighted by Crippen LogP contribution is 2.32. The Labute approximate surface area is 193 Å². The van der Waals surface area contributed by atoms with Gasteiger partial charge in [-0.05, 0) is 70.3 Å². The van der Waals surface area contributed by atoms with Crippen LogP contribution >= 0.6 is 34.4 Å². The molecule has 2 aliphatic heterocycles. The van der Waals surface area contributed by atoms with Crippen LogP contribution in [0, 0.1) is 3.57 Å². The maximum Gasteiger partial charge on any atom is 0.294 e. The molecule has 8 heteroatoms. The van der Waals surface area contributed by atoms with Crippen molar-refractivity contribution in [3.05, 3.63) is 68.6 Å². The lowest BCUT2D eigenvalue weighted by atomic mass is 10.2. The molecule has 2 aliphatic rings. The van der Waals surface area contributed by atoms with E-state index in [1.54, 1.807) is 11.0 Å². The van der Waals surface area contributed by atoms with Crippen LogP contribution in [0.2, 0.25) is 0 Å². The van der Waals surface area contributed by atoms with Gasteiger partial charge in [0.2, 0.25) is 5.91 Å². The summed E-state index contributed by atoms with van der Waals surface area (Å²) in [6.07, 6.45) is 1.70. The first kappa shape index (κ1) is 20.9. The molecule has 3 amide bonds.